The maximum Gasteiger partial charge on any atom is 0.223 e. The molecule has 1 heterocycles. The van der Waals surface area contributed by atoms with Gasteiger partial charge in [0.05, 0.1) is 12.6 Å². The summed E-state index contributed by atoms with van der Waals surface area (Å²) in [7, 11) is 0. The number of carbonyl (C=O) groups is 1. The summed E-state index contributed by atoms with van der Waals surface area (Å²) in [6, 6.07) is 8.44. The van der Waals surface area contributed by atoms with E-state index in [1.54, 1.807) is 0 Å². The number of amides is 1. The van der Waals surface area contributed by atoms with Crippen molar-refractivity contribution in [3.05, 3.63) is 29.8 Å². The number of likely N-dealkylation sites (tertiary alicyclic amines) is 1. The largest absolute Gasteiger partial charge is 0.494 e. The van der Waals surface area contributed by atoms with E-state index in [0.717, 1.165) is 25.1 Å². The minimum Gasteiger partial charge on any atom is -0.494 e. The molecule has 1 saturated heterocycles. The van der Waals surface area contributed by atoms with Crippen LogP contribution < -0.4 is 4.74 Å². The molecule has 0 N–H and O–H groups in total. The first kappa shape index (κ1) is 14.9. The Morgan fingerprint density at radius 1 is 1.35 bits per heavy atom. The zero-order chi connectivity index (χ0) is 14.5. The fourth-order valence-electron chi connectivity index (χ4n) is 2.83. The van der Waals surface area contributed by atoms with E-state index < -0.39 is 0 Å². The van der Waals surface area contributed by atoms with E-state index in [1.165, 1.54) is 5.56 Å². The number of carbonyl (C=O) groups excluding carboxylic acids is 1. The van der Waals surface area contributed by atoms with Gasteiger partial charge in [-0.25, -0.2) is 0 Å². The predicted octanol–water partition coefficient (Wildman–Crippen LogP) is 3.79. The van der Waals surface area contributed by atoms with Gasteiger partial charge < -0.3 is 9.64 Å². The maximum atomic E-state index is 12.3. The van der Waals surface area contributed by atoms with Crippen molar-refractivity contribution in [1.82, 2.24) is 4.90 Å². The van der Waals surface area contributed by atoms with Crippen LogP contribution in [0.5, 0.6) is 5.75 Å². The Morgan fingerprint density at radius 3 is 2.65 bits per heavy atom. The monoisotopic (exact) mass is 275 g/mol. The van der Waals surface area contributed by atoms with Gasteiger partial charge in [-0.05, 0) is 43.4 Å². The first-order valence-electron chi connectivity index (χ1n) is 7.64. The second-order valence-corrected chi connectivity index (χ2v) is 5.85. The summed E-state index contributed by atoms with van der Waals surface area (Å²) in [4.78, 5) is 14.4. The summed E-state index contributed by atoms with van der Waals surface area (Å²) >= 11 is 0. The molecule has 3 heteroatoms. The second kappa shape index (κ2) is 6.78. The molecule has 1 amide bonds. The Hall–Kier alpha value is -1.51. The van der Waals surface area contributed by atoms with Crippen molar-refractivity contribution in [1.29, 1.82) is 0 Å². The average molecular weight is 275 g/mol. The van der Waals surface area contributed by atoms with Gasteiger partial charge in [0.25, 0.3) is 0 Å². The van der Waals surface area contributed by atoms with Crippen molar-refractivity contribution in [3.8, 4) is 5.75 Å². The lowest BCUT2D eigenvalue weighted by atomic mass is 10.0. The van der Waals surface area contributed by atoms with Gasteiger partial charge in [0.15, 0.2) is 0 Å². The third-order valence-corrected chi connectivity index (χ3v) is 3.73. The fourth-order valence-corrected chi connectivity index (χ4v) is 2.83. The van der Waals surface area contributed by atoms with E-state index in [1.807, 2.05) is 19.1 Å². The number of nitrogens with zero attached hydrogens (tertiary/aromatic N) is 1. The maximum absolute atomic E-state index is 12.3. The molecule has 0 radical (unpaired) electrons. The van der Waals surface area contributed by atoms with Crippen LogP contribution in [0, 0.1) is 5.92 Å². The van der Waals surface area contributed by atoms with E-state index in [9.17, 15) is 4.79 Å². The zero-order valence-electron chi connectivity index (χ0n) is 12.8. The van der Waals surface area contributed by atoms with Crippen molar-refractivity contribution in [2.45, 2.75) is 46.1 Å². The Labute approximate surface area is 121 Å². The van der Waals surface area contributed by atoms with Crippen LogP contribution in [-0.4, -0.2) is 24.0 Å². The van der Waals surface area contributed by atoms with Crippen LogP contribution >= 0.6 is 0 Å². The molecule has 1 fully saturated rings. The highest BCUT2D eigenvalue weighted by Crippen LogP contribution is 2.33. The molecule has 3 nitrogen and oxygen atoms in total. The van der Waals surface area contributed by atoms with Crippen molar-refractivity contribution < 1.29 is 9.53 Å². The molecular weight excluding hydrogens is 250 g/mol. The summed E-state index contributed by atoms with van der Waals surface area (Å²) in [6.07, 6.45) is 2.81. The van der Waals surface area contributed by atoms with Crippen molar-refractivity contribution in [3.63, 3.8) is 0 Å². The molecule has 1 atom stereocenters. The van der Waals surface area contributed by atoms with Crippen LogP contribution in [0.4, 0.5) is 0 Å². The fraction of sp³-hybridized carbons (Fsp3) is 0.588. The highest BCUT2D eigenvalue weighted by Gasteiger charge is 2.29. The van der Waals surface area contributed by atoms with Gasteiger partial charge in [-0.1, -0.05) is 26.0 Å². The van der Waals surface area contributed by atoms with Crippen molar-refractivity contribution in [2.24, 2.45) is 5.92 Å². The number of hydrogen-bond acceptors (Lipinski definition) is 2. The Bertz CT molecular complexity index is 439. The smallest absolute Gasteiger partial charge is 0.223 e. The van der Waals surface area contributed by atoms with Gasteiger partial charge >= 0.3 is 0 Å². The molecule has 20 heavy (non-hydrogen) atoms. The first-order chi connectivity index (χ1) is 9.61. The molecule has 1 aliphatic heterocycles. The van der Waals surface area contributed by atoms with Crippen LogP contribution in [0.3, 0.4) is 0 Å². The Morgan fingerprint density at radius 2 is 2.05 bits per heavy atom. The standard InChI is InChI=1S/C17H25NO2/c1-4-20-15-9-7-14(8-10-15)16-6-5-11-18(16)17(19)12-13(2)3/h7-10,13,16H,4-6,11-12H2,1-3H3. The lowest BCUT2D eigenvalue weighted by Crippen LogP contribution is -2.31. The highest BCUT2D eigenvalue weighted by molar-refractivity contribution is 5.77. The molecular formula is C17H25NO2. The van der Waals surface area contributed by atoms with Crippen LogP contribution in [0.25, 0.3) is 0 Å². The predicted molar refractivity (Wildman–Crippen MR) is 80.8 cm³/mol. The number of benzene rings is 1. The van der Waals surface area contributed by atoms with Crippen molar-refractivity contribution >= 4 is 5.91 Å². The minimum atomic E-state index is 0.247. The van der Waals surface area contributed by atoms with Gasteiger partial charge in [-0.3, -0.25) is 4.79 Å². The second-order valence-electron chi connectivity index (χ2n) is 5.85. The van der Waals surface area contributed by atoms with E-state index in [-0.39, 0.29) is 11.9 Å². The number of ether oxygens (including phenoxy) is 1. The SMILES string of the molecule is CCOc1ccc(C2CCCN2C(=O)CC(C)C)cc1. The van der Waals surface area contributed by atoms with E-state index in [2.05, 4.69) is 30.9 Å². The molecule has 0 spiro atoms. The van der Waals surface area contributed by atoms with Crippen LogP contribution in [-0.2, 0) is 4.79 Å². The molecule has 0 bridgehead atoms. The molecule has 1 aliphatic rings. The first-order valence-corrected chi connectivity index (χ1v) is 7.64. The topological polar surface area (TPSA) is 29.5 Å². The minimum absolute atomic E-state index is 0.247. The normalized spacial score (nSPS) is 18.6. The molecule has 2 rings (SSSR count). The number of hydrogen-bond donors (Lipinski definition) is 0. The molecule has 1 aromatic carbocycles. The summed E-state index contributed by atoms with van der Waals surface area (Å²) in [5.41, 5.74) is 1.23. The Balaban J connectivity index is 2.08. The summed E-state index contributed by atoms with van der Waals surface area (Å²) in [5, 5.41) is 0. The van der Waals surface area contributed by atoms with Crippen LogP contribution in [0.1, 0.15) is 51.6 Å². The molecule has 0 saturated carbocycles. The lowest BCUT2D eigenvalue weighted by Gasteiger charge is -2.26. The summed E-state index contributed by atoms with van der Waals surface area (Å²) in [5.74, 6) is 1.61. The summed E-state index contributed by atoms with van der Waals surface area (Å²) < 4.78 is 5.47. The van der Waals surface area contributed by atoms with Crippen LogP contribution in [0.2, 0.25) is 0 Å². The van der Waals surface area contributed by atoms with Gasteiger partial charge in [-0.2, -0.15) is 0 Å². The molecule has 110 valence electrons. The van der Waals surface area contributed by atoms with E-state index in [0.29, 0.717) is 18.9 Å². The van der Waals surface area contributed by atoms with Crippen molar-refractivity contribution in [2.75, 3.05) is 13.2 Å². The quantitative estimate of drug-likeness (QED) is 0.818. The van der Waals surface area contributed by atoms with Gasteiger partial charge in [0.1, 0.15) is 5.75 Å². The molecule has 0 aromatic heterocycles. The number of rotatable bonds is 5. The zero-order valence-corrected chi connectivity index (χ0v) is 12.8. The van der Waals surface area contributed by atoms with E-state index in [4.69, 9.17) is 4.74 Å². The highest BCUT2D eigenvalue weighted by atomic mass is 16.5. The summed E-state index contributed by atoms with van der Waals surface area (Å²) in [6.45, 7) is 7.75. The molecule has 1 aromatic rings. The van der Waals surface area contributed by atoms with Gasteiger partial charge in [0, 0.05) is 13.0 Å². The molecule has 1 unspecified atom stereocenters. The lowest BCUT2D eigenvalue weighted by molar-refractivity contribution is -0.132. The average Bonchev–Trinajstić information content (AvgIpc) is 2.88. The van der Waals surface area contributed by atoms with Gasteiger partial charge in [0.2, 0.25) is 5.91 Å². The van der Waals surface area contributed by atoms with Gasteiger partial charge in [-0.15, -0.1) is 0 Å². The Kier molecular flexibility index (Phi) is 5.05. The third-order valence-electron chi connectivity index (χ3n) is 3.73. The molecule has 0 aliphatic carbocycles. The van der Waals surface area contributed by atoms with Crippen LogP contribution in [0.15, 0.2) is 24.3 Å². The van der Waals surface area contributed by atoms with E-state index >= 15 is 0 Å². The third kappa shape index (κ3) is 3.53.